The van der Waals surface area contributed by atoms with Crippen molar-refractivity contribution in [1.29, 1.82) is 0 Å². The molecule has 0 unspecified atom stereocenters. The van der Waals surface area contributed by atoms with Crippen LogP contribution in [0.4, 0.5) is 4.39 Å². The molecule has 0 saturated carbocycles. The Morgan fingerprint density at radius 2 is 1.71 bits per heavy atom. The smallest absolute Gasteiger partial charge is 0.144 e. The van der Waals surface area contributed by atoms with Gasteiger partial charge in [0.1, 0.15) is 11.6 Å². The Kier molecular flexibility index (Phi) is 4.02. The maximum Gasteiger partial charge on any atom is 0.144 e. The lowest BCUT2D eigenvalue weighted by Gasteiger charge is -2.12. The molecule has 7 heteroatoms. The highest BCUT2D eigenvalue weighted by Crippen LogP contribution is 2.34. The SMILES string of the molecule is Fc1cc2nc(CCl)n(-c3c(Cl)cccc3Cl)c2cc1Cl. The van der Waals surface area contributed by atoms with Crippen molar-refractivity contribution in [2.24, 2.45) is 0 Å². The second kappa shape index (κ2) is 5.65. The molecule has 2 nitrogen and oxygen atoms in total. The van der Waals surface area contributed by atoms with Gasteiger partial charge in [-0.3, -0.25) is 4.57 Å². The summed E-state index contributed by atoms with van der Waals surface area (Å²) in [5.41, 5.74) is 1.57. The summed E-state index contributed by atoms with van der Waals surface area (Å²) in [5, 5.41) is 0.871. The quantitative estimate of drug-likeness (QED) is 0.521. The second-order valence-corrected chi connectivity index (χ2v) is 5.81. The number of benzene rings is 2. The average molecular weight is 364 g/mol. The van der Waals surface area contributed by atoms with Crippen molar-refractivity contribution in [3.05, 3.63) is 57.0 Å². The Morgan fingerprint density at radius 3 is 2.33 bits per heavy atom. The molecule has 3 aromatic rings. The molecule has 3 rings (SSSR count). The molecular weight excluding hydrogens is 357 g/mol. The van der Waals surface area contributed by atoms with Crippen LogP contribution in [0, 0.1) is 5.82 Å². The van der Waals surface area contributed by atoms with Gasteiger partial charge in [-0.1, -0.05) is 40.9 Å². The van der Waals surface area contributed by atoms with E-state index >= 15 is 0 Å². The minimum Gasteiger partial charge on any atom is -0.292 e. The highest BCUT2D eigenvalue weighted by Gasteiger charge is 2.18. The van der Waals surface area contributed by atoms with E-state index in [0.29, 0.717) is 32.6 Å². The van der Waals surface area contributed by atoms with Crippen LogP contribution in [-0.2, 0) is 5.88 Å². The van der Waals surface area contributed by atoms with Gasteiger partial charge in [0.15, 0.2) is 0 Å². The molecule has 0 bridgehead atoms. The van der Waals surface area contributed by atoms with Gasteiger partial charge < -0.3 is 0 Å². The molecule has 0 radical (unpaired) electrons. The molecule has 0 aliphatic rings. The highest BCUT2D eigenvalue weighted by molar-refractivity contribution is 6.38. The summed E-state index contributed by atoms with van der Waals surface area (Å²) in [7, 11) is 0. The molecule has 21 heavy (non-hydrogen) atoms. The van der Waals surface area contributed by atoms with Crippen molar-refractivity contribution in [1.82, 2.24) is 9.55 Å². The normalized spacial score (nSPS) is 11.3. The minimum absolute atomic E-state index is 0.00653. The number of para-hydroxylation sites is 1. The van der Waals surface area contributed by atoms with E-state index in [-0.39, 0.29) is 10.9 Å². The Labute approximate surface area is 140 Å². The molecule has 0 spiro atoms. The van der Waals surface area contributed by atoms with Gasteiger partial charge in [-0.15, -0.1) is 11.6 Å². The molecule has 0 fully saturated rings. The summed E-state index contributed by atoms with van der Waals surface area (Å²) in [6.45, 7) is 0. The topological polar surface area (TPSA) is 17.8 Å². The maximum absolute atomic E-state index is 13.6. The van der Waals surface area contributed by atoms with Gasteiger partial charge in [-0.05, 0) is 18.2 Å². The zero-order chi connectivity index (χ0) is 15.1. The van der Waals surface area contributed by atoms with E-state index in [9.17, 15) is 4.39 Å². The van der Waals surface area contributed by atoms with Crippen molar-refractivity contribution >= 4 is 57.4 Å². The molecule has 0 N–H and O–H groups in total. The Bertz CT molecular complexity index is 824. The molecule has 108 valence electrons. The zero-order valence-electron chi connectivity index (χ0n) is 10.4. The van der Waals surface area contributed by atoms with Gasteiger partial charge in [-0.25, -0.2) is 9.37 Å². The molecule has 2 aromatic carbocycles. The van der Waals surface area contributed by atoms with E-state index in [2.05, 4.69) is 4.98 Å². The first-order chi connectivity index (χ1) is 10.0. The molecule has 0 aliphatic heterocycles. The fraction of sp³-hybridized carbons (Fsp3) is 0.0714. The minimum atomic E-state index is -0.541. The molecular formula is C14H7Cl4FN2. The van der Waals surface area contributed by atoms with Crippen LogP contribution in [0.5, 0.6) is 0 Å². The van der Waals surface area contributed by atoms with Crippen LogP contribution in [0.2, 0.25) is 15.1 Å². The summed E-state index contributed by atoms with van der Waals surface area (Å²) < 4.78 is 15.3. The largest absolute Gasteiger partial charge is 0.292 e. The first-order valence-electron chi connectivity index (χ1n) is 5.89. The Balaban J connectivity index is 2.43. The third-order valence-corrected chi connectivity index (χ3v) is 4.19. The molecule has 0 atom stereocenters. The number of hydrogen-bond donors (Lipinski definition) is 0. The van der Waals surface area contributed by atoms with Crippen LogP contribution in [0.25, 0.3) is 16.7 Å². The van der Waals surface area contributed by atoms with Gasteiger partial charge in [0.2, 0.25) is 0 Å². The van der Waals surface area contributed by atoms with Gasteiger partial charge in [0, 0.05) is 6.07 Å². The standard InChI is InChI=1S/C14H7Cl4FN2/c15-6-13-20-11-5-10(19)9(18)4-12(11)21(13)14-7(16)2-1-3-8(14)17/h1-5H,6H2. The second-order valence-electron chi connectivity index (χ2n) is 4.32. The van der Waals surface area contributed by atoms with Gasteiger partial charge in [0.25, 0.3) is 0 Å². The van der Waals surface area contributed by atoms with E-state index in [4.69, 9.17) is 46.4 Å². The number of alkyl halides is 1. The number of imidazole rings is 1. The van der Waals surface area contributed by atoms with Crippen LogP contribution in [0.15, 0.2) is 30.3 Å². The van der Waals surface area contributed by atoms with E-state index in [0.717, 1.165) is 0 Å². The van der Waals surface area contributed by atoms with Crippen LogP contribution in [0.1, 0.15) is 5.82 Å². The number of fused-ring (bicyclic) bond motifs is 1. The number of nitrogens with zero attached hydrogens (tertiary/aromatic N) is 2. The van der Waals surface area contributed by atoms with Crippen LogP contribution >= 0.6 is 46.4 Å². The van der Waals surface area contributed by atoms with Crippen LogP contribution in [0.3, 0.4) is 0 Å². The van der Waals surface area contributed by atoms with Crippen molar-refractivity contribution in [3.63, 3.8) is 0 Å². The van der Waals surface area contributed by atoms with E-state index < -0.39 is 5.82 Å². The number of rotatable bonds is 2. The molecule has 1 aromatic heterocycles. The fourth-order valence-corrected chi connectivity index (χ4v) is 3.07. The first-order valence-corrected chi connectivity index (χ1v) is 7.56. The monoisotopic (exact) mass is 362 g/mol. The summed E-state index contributed by atoms with van der Waals surface area (Å²) >= 11 is 24.3. The summed E-state index contributed by atoms with van der Waals surface area (Å²) in [5.74, 6) is 0.0821. The zero-order valence-corrected chi connectivity index (χ0v) is 13.4. The summed E-state index contributed by atoms with van der Waals surface area (Å²) in [6.07, 6.45) is 0. The van der Waals surface area contributed by atoms with Gasteiger partial charge in [-0.2, -0.15) is 0 Å². The third-order valence-electron chi connectivity index (χ3n) is 3.05. The van der Waals surface area contributed by atoms with Crippen molar-refractivity contribution < 1.29 is 4.39 Å². The predicted octanol–water partition coefficient (Wildman–Crippen LogP) is 5.86. The molecule has 0 amide bonds. The van der Waals surface area contributed by atoms with Gasteiger partial charge >= 0.3 is 0 Å². The molecule has 0 aliphatic carbocycles. The molecule has 0 saturated heterocycles. The van der Waals surface area contributed by atoms with E-state index in [1.807, 2.05) is 0 Å². The average Bonchev–Trinajstić information content (AvgIpc) is 2.77. The third kappa shape index (κ3) is 2.49. The molecule has 1 heterocycles. The number of aromatic nitrogens is 2. The van der Waals surface area contributed by atoms with Crippen molar-refractivity contribution in [2.75, 3.05) is 0 Å². The predicted molar refractivity (Wildman–Crippen MR) is 85.6 cm³/mol. The Hall–Kier alpha value is -1.000. The Morgan fingerprint density at radius 1 is 1.05 bits per heavy atom. The van der Waals surface area contributed by atoms with Crippen LogP contribution < -0.4 is 0 Å². The van der Waals surface area contributed by atoms with E-state index in [1.54, 1.807) is 22.8 Å². The maximum atomic E-state index is 13.6. The lowest BCUT2D eigenvalue weighted by atomic mass is 10.2. The van der Waals surface area contributed by atoms with Crippen molar-refractivity contribution in [2.45, 2.75) is 5.88 Å². The van der Waals surface area contributed by atoms with E-state index in [1.165, 1.54) is 12.1 Å². The number of hydrogen-bond acceptors (Lipinski definition) is 1. The first kappa shape index (κ1) is 14.9. The fourth-order valence-electron chi connectivity index (χ4n) is 2.16. The van der Waals surface area contributed by atoms with Crippen molar-refractivity contribution in [3.8, 4) is 5.69 Å². The summed E-state index contributed by atoms with van der Waals surface area (Å²) in [6, 6.07) is 7.89. The lowest BCUT2D eigenvalue weighted by molar-refractivity contribution is 0.630. The lowest BCUT2D eigenvalue weighted by Crippen LogP contribution is -2.01. The summed E-state index contributed by atoms with van der Waals surface area (Å²) in [4.78, 5) is 4.31. The number of halogens is 5. The highest BCUT2D eigenvalue weighted by atomic mass is 35.5. The van der Waals surface area contributed by atoms with Gasteiger partial charge in [0.05, 0.1) is 37.7 Å². The van der Waals surface area contributed by atoms with Crippen LogP contribution in [-0.4, -0.2) is 9.55 Å².